The molecule has 4 rings (SSSR count). The van der Waals surface area contributed by atoms with Crippen LogP contribution in [0, 0.1) is 6.92 Å². The first-order valence-electron chi connectivity index (χ1n) is 10.2. The standard InChI is InChI=1S/C24H21N3O4S2/c1-3-30-24(29)21-19(16-7-5-4-6-8-16)14-32-23(21)25-22(28)17-9-11-18(12-10-17)31-13-20-15(2)26-33-27-20/h4-12,14H,3,13H2,1-2H3,(H,25,28). The summed E-state index contributed by atoms with van der Waals surface area (Å²) in [6.45, 7) is 4.19. The molecule has 9 heteroatoms. The summed E-state index contributed by atoms with van der Waals surface area (Å²) in [6.07, 6.45) is 0. The van der Waals surface area contributed by atoms with Crippen molar-refractivity contribution in [1.29, 1.82) is 0 Å². The molecular weight excluding hydrogens is 458 g/mol. The van der Waals surface area contributed by atoms with Gasteiger partial charge in [0.15, 0.2) is 0 Å². The topological polar surface area (TPSA) is 90.4 Å². The lowest BCUT2D eigenvalue weighted by Crippen LogP contribution is -2.14. The quantitative estimate of drug-likeness (QED) is 0.332. The van der Waals surface area contributed by atoms with E-state index in [0.29, 0.717) is 28.5 Å². The molecule has 7 nitrogen and oxygen atoms in total. The number of hydrogen-bond donors (Lipinski definition) is 1. The van der Waals surface area contributed by atoms with E-state index < -0.39 is 5.97 Å². The van der Waals surface area contributed by atoms with Gasteiger partial charge in [-0.05, 0) is 43.7 Å². The molecule has 2 aromatic heterocycles. The minimum absolute atomic E-state index is 0.244. The Morgan fingerprint density at radius 2 is 1.79 bits per heavy atom. The third-order valence-electron chi connectivity index (χ3n) is 4.82. The Labute approximate surface area is 199 Å². The zero-order valence-corrected chi connectivity index (χ0v) is 19.7. The summed E-state index contributed by atoms with van der Waals surface area (Å²) in [5.74, 6) is -0.176. The van der Waals surface area contributed by atoms with Gasteiger partial charge in [-0.1, -0.05) is 30.3 Å². The van der Waals surface area contributed by atoms with Crippen LogP contribution in [0.15, 0.2) is 60.0 Å². The van der Waals surface area contributed by atoms with Gasteiger partial charge >= 0.3 is 5.97 Å². The van der Waals surface area contributed by atoms with Crippen LogP contribution in [-0.2, 0) is 11.3 Å². The van der Waals surface area contributed by atoms with E-state index in [-0.39, 0.29) is 12.5 Å². The van der Waals surface area contributed by atoms with Crippen molar-refractivity contribution in [3.05, 3.63) is 82.5 Å². The fourth-order valence-electron chi connectivity index (χ4n) is 3.10. The number of aryl methyl sites for hydroxylation is 1. The minimum atomic E-state index is -0.469. The number of carbonyl (C=O) groups is 2. The average molecular weight is 480 g/mol. The predicted molar refractivity (Wildman–Crippen MR) is 129 cm³/mol. The summed E-state index contributed by atoms with van der Waals surface area (Å²) in [4.78, 5) is 25.6. The van der Waals surface area contributed by atoms with E-state index >= 15 is 0 Å². The maximum Gasteiger partial charge on any atom is 0.341 e. The highest BCUT2D eigenvalue weighted by Gasteiger charge is 2.23. The number of anilines is 1. The van der Waals surface area contributed by atoms with E-state index in [1.807, 2.05) is 42.6 Å². The van der Waals surface area contributed by atoms with E-state index in [2.05, 4.69) is 14.1 Å². The number of thiophene rings is 1. The van der Waals surface area contributed by atoms with E-state index in [0.717, 1.165) is 34.2 Å². The van der Waals surface area contributed by atoms with Gasteiger partial charge in [-0.25, -0.2) is 4.79 Å². The highest BCUT2D eigenvalue weighted by atomic mass is 32.1. The highest BCUT2D eigenvalue weighted by Crippen LogP contribution is 2.36. The maximum atomic E-state index is 12.9. The van der Waals surface area contributed by atoms with Crippen molar-refractivity contribution in [2.75, 3.05) is 11.9 Å². The second-order valence-corrected chi connectivity index (χ2v) is 8.41. The number of hydrogen-bond acceptors (Lipinski definition) is 8. The summed E-state index contributed by atoms with van der Waals surface area (Å²) < 4.78 is 19.3. The Balaban J connectivity index is 1.50. The third-order valence-corrected chi connectivity index (χ3v) is 6.37. The van der Waals surface area contributed by atoms with Gasteiger partial charge in [-0.2, -0.15) is 8.75 Å². The molecule has 33 heavy (non-hydrogen) atoms. The second kappa shape index (κ2) is 10.4. The van der Waals surface area contributed by atoms with Crippen molar-refractivity contribution in [3.8, 4) is 16.9 Å². The Kier molecular flexibility index (Phi) is 7.11. The van der Waals surface area contributed by atoms with Crippen LogP contribution in [0.25, 0.3) is 11.1 Å². The van der Waals surface area contributed by atoms with E-state index in [1.54, 1.807) is 31.2 Å². The highest BCUT2D eigenvalue weighted by molar-refractivity contribution is 7.15. The first kappa shape index (κ1) is 22.6. The van der Waals surface area contributed by atoms with Gasteiger partial charge in [0.05, 0.1) is 24.0 Å². The van der Waals surface area contributed by atoms with Crippen LogP contribution in [0.4, 0.5) is 5.00 Å². The number of benzene rings is 2. The molecule has 0 bridgehead atoms. The van der Waals surface area contributed by atoms with E-state index in [9.17, 15) is 9.59 Å². The largest absolute Gasteiger partial charge is 0.487 e. The first-order valence-corrected chi connectivity index (χ1v) is 11.8. The molecule has 0 aliphatic rings. The molecule has 0 saturated carbocycles. The van der Waals surface area contributed by atoms with Crippen LogP contribution in [0.3, 0.4) is 0 Å². The molecule has 0 radical (unpaired) electrons. The molecule has 0 aliphatic heterocycles. The van der Waals surface area contributed by atoms with Gasteiger partial charge in [0.2, 0.25) is 0 Å². The molecule has 0 spiro atoms. The summed E-state index contributed by atoms with van der Waals surface area (Å²) in [5.41, 5.74) is 4.04. The Morgan fingerprint density at radius 1 is 1.03 bits per heavy atom. The number of amides is 1. The molecule has 1 amide bonds. The minimum Gasteiger partial charge on any atom is -0.487 e. The van der Waals surface area contributed by atoms with Crippen molar-refractivity contribution in [3.63, 3.8) is 0 Å². The lowest BCUT2D eigenvalue weighted by Gasteiger charge is -2.09. The smallest absolute Gasteiger partial charge is 0.341 e. The van der Waals surface area contributed by atoms with Crippen LogP contribution < -0.4 is 10.1 Å². The number of nitrogens with one attached hydrogen (secondary N) is 1. The fraction of sp³-hybridized carbons (Fsp3) is 0.167. The van der Waals surface area contributed by atoms with Gasteiger partial charge in [0.25, 0.3) is 5.91 Å². The molecule has 168 valence electrons. The molecule has 4 aromatic rings. The summed E-state index contributed by atoms with van der Waals surface area (Å²) in [5, 5.41) is 5.16. The van der Waals surface area contributed by atoms with Crippen molar-refractivity contribution in [2.45, 2.75) is 20.5 Å². The van der Waals surface area contributed by atoms with Crippen LogP contribution in [0.5, 0.6) is 5.75 Å². The summed E-state index contributed by atoms with van der Waals surface area (Å²) in [7, 11) is 0. The molecule has 0 aliphatic carbocycles. The molecule has 2 aromatic carbocycles. The normalized spacial score (nSPS) is 10.6. The zero-order valence-electron chi connectivity index (χ0n) is 18.0. The second-order valence-electron chi connectivity index (χ2n) is 7.00. The molecule has 0 atom stereocenters. The van der Waals surface area contributed by atoms with Crippen LogP contribution in [0.1, 0.15) is 39.0 Å². The van der Waals surface area contributed by atoms with Gasteiger partial charge < -0.3 is 14.8 Å². The zero-order chi connectivity index (χ0) is 23.2. The molecular formula is C24H21N3O4S2. The predicted octanol–water partition coefficient (Wildman–Crippen LogP) is 5.58. The monoisotopic (exact) mass is 479 g/mol. The van der Waals surface area contributed by atoms with Crippen molar-refractivity contribution in [1.82, 2.24) is 8.75 Å². The summed E-state index contributed by atoms with van der Waals surface area (Å²) in [6, 6.07) is 16.3. The third kappa shape index (κ3) is 5.27. The fourth-order valence-corrected chi connectivity index (χ4v) is 4.60. The maximum absolute atomic E-state index is 12.9. The molecule has 1 N–H and O–H groups in total. The number of aromatic nitrogens is 2. The van der Waals surface area contributed by atoms with Gasteiger partial charge in [-0.15, -0.1) is 11.3 Å². The van der Waals surface area contributed by atoms with Crippen molar-refractivity contribution < 1.29 is 19.1 Å². The van der Waals surface area contributed by atoms with E-state index in [4.69, 9.17) is 9.47 Å². The number of esters is 1. The van der Waals surface area contributed by atoms with Gasteiger partial charge in [0, 0.05) is 16.5 Å². The lowest BCUT2D eigenvalue weighted by molar-refractivity contribution is 0.0529. The number of carbonyl (C=O) groups excluding carboxylic acids is 2. The first-order chi connectivity index (χ1) is 16.1. The van der Waals surface area contributed by atoms with E-state index in [1.165, 1.54) is 11.3 Å². The summed E-state index contributed by atoms with van der Waals surface area (Å²) >= 11 is 2.44. The lowest BCUT2D eigenvalue weighted by atomic mass is 10.0. The van der Waals surface area contributed by atoms with Crippen LogP contribution in [-0.4, -0.2) is 27.2 Å². The van der Waals surface area contributed by atoms with Gasteiger partial charge in [0.1, 0.15) is 28.6 Å². The number of nitrogens with zero attached hydrogens (tertiary/aromatic N) is 2. The van der Waals surface area contributed by atoms with Gasteiger partial charge in [-0.3, -0.25) is 4.79 Å². The Morgan fingerprint density at radius 3 is 2.45 bits per heavy atom. The van der Waals surface area contributed by atoms with Crippen LogP contribution in [0.2, 0.25) is 0 Å². The SMILES string of the molecule is CCOC(=O)c1c(-c2ccccc2)csc1NC(=O)c1ccc(OCc2nsnc2C)cc1. The molecule has 0 unspecified atom stereocenters. The van der Waals surface area contributed by atoms with Crippen LogP contribution >= 0.6 is 23.1 Å². The number of rotatable bonds is 8. The number of ether oxygens (including phenoxy) is 2. The van der Waals surface area contributed by atoms with Crippen molar-refractivity contribution >= 4 is 39.9 Å². The average Bonchev–Trinajstić information content (AvgIpc) is 3.44. The molecule has 0 fully saturated rings. The Bertz CT molecular complexity index is 1250. The van der Waals surface area contributed by atoms with Crippen molar-refractivity contribution in [2.24, 2.45) is 0 Å². The molecule has 2 heterocycles. The Hall–Kier alpha value is -3.56. The molecule has 0 saturated heterocycles.